The summed E-state index contributed by atoms with van der Waals surface area (Å²) in [6.45, 7) is -0.0854. The Bertz CT molecular complexity index is 1120. The van der Waals surface area contributed by atoms with Gasteiger partial charge in [0.2, 0.25) is 5.75 Å². The van der Waals surface area contributed by atoms with Crippen LogP contribution in [0.3, 0.4) is 0 Å². The number of non-ortho nitro benzene ring substituents is 1. The van der Waals surface area contributed by atoms with E-state index in [0.717, 1.165) is 0 Å². The number of carbonyl (C=O) groups excluding carboxylic acids is 1. The van der Waals surface area contributed by atoms with Crippen LogP contribution in [0.15, 0.2) is 66.7 Å². The average Bonchev–Trinajstić information content (AvgIpc) is 2.73. The molecule has 0 spiro atoms. The molecule has 152 valence electrons. The van der Waals surface area contributed by atoms with Gasteiger partial charge in [-0.1, -0.05) is 23.7 Å². The van der Waals surface area contributed by atoms with Gasteiger partial charge in [0.1, 0.15) is 12.4 Å². The van der Waals surface area contributed by atoms with E-state index in [2.05, 4.69) is 0 Å². The molecule has 0 fully saturated rings. The standard InChI is InChI=1S/C20H13ClN2O7/c21-17-5-2-6-18(23(27)28)19(17)30-16-4-1-3-14(11-16)20(24)29-12-13-7-9-15(10-8-13)22(25)26/h1-11H,12H2. The molecular formula is C20H13ClN2O7. The molecule has 0 saturated carbocycles. The lowest BCUT2D eigenvalue weighted by Crippen LogP contribution is -2.05. The summed E-state index contributed by atoms with van der Waals surface area (Å²) >= 11 is 6.01. The van der Waals surface area contributed by atoms with E-state index in [4.69, 9.17) is 21.1 Å². The number of halogens is 1. The topological polar surface area (TPSA) is 122 Å². The van der Waals surface area contributed by atoms with Crippen LogP contribution >= 0.6 is 11.6 Å². The molecular weight excluding hydrogens is 416 g/mol. The summed E-state index contributed by atoms with van der Waals surface area (Å²) in [6.07, 6.45) is 0. The zero-order valence-corrected chi connectivity index (χ0v) is 15.9. The van der Waals surface area contributed by atoms with E-state index >= 15 is 0 Å². The molecule has 3 aromatic carbocycles. The van der Waals surface area contributed by atoms with Crippen molar-refractivity contribution in [2.24, 2.45) is 0 Å². The molecule has 0 radical (unpaired) electrons. The van der Waals surface area contributed by atoms with Gasteiger partial charge in [-0.15, -0.1) is 0 Å². The van der Waals surface area contributed by atoms with Gasteiger partial charge >= 0.3 is 11.7 Å². The van der Waals surface area contributed by atoms with Gasteiger partial charge in [-0.25, -0.2) is 4.79 Å². The third-order valence-electron chi connectivity index (χ3n) is 3.95. The van der Waals surface area contributed by atoms with Crippen molar-refractivity contribution in [3.05, 3.63) is 103 Å². The molecule has 0 saturated heterocycles. The molecule has 3 aromatic rings. The Morgan fingerprint density at radius 3 is 2.30 bits per heavy atom. The predicted molar refractivity (Wildman–Crippen MR) is 107 cm³/mol. The van der Waals surface area contributed by atoms with Crippen molar-refractivity contribution in [3.63, 3.8) is 0 Å². The van der Waals surface area contributed by atoms with Crippen LogP contribution in [0.2, 0.25) is 5.02 Å². The molecule has 0 aliphatic heterocycles. The molecule has 0 atom stereocenters. The van der Waals surface area contributed by atoms with Gasteiger partial charge in [-0.2, -0.15) is 0 Å². The Hall–Kier alpha value is -3.98. The van der Waals surface area contributed by atoms with Gasteiger partial charge in [0.15, 0.2) is 0 Å². The van der Waals surface area contributed by atoms with E-state index in [1.807, 2.05) is 0 Å². The van der Waals surface area contributed by atoms with Crippen LogP contribution in [0.4, 0.5) is 11.4 Å². The normalized spacial score (nSPS) is 10.3. The maximum absolute atomic E-state index is 12.3. The van der Waals surface area contributed by atoms with Crippen LogP contribution in [-0.2, 0) is 11.3 Å². The minimum atomic E-state index is -0.660. The zero-order chi connectivity index (χ0) is 21.7. The largest absolute Gasteiger partial charge is 0.457 e. The molecule has 0 bridgehead atoms. The van der Waals surface area contributed by atoms with E-state index in [9.17, 15) is 25.0 Å². The first-order chi connectivity index (χ1) is 14.3. The van der Waals surface area contributed by atoms with Crippen LogP contribution in [0.5, 0.6) is 11.5 Å². The second-order valence-electron chi connectivity index (χ2n) is 5.97. The van der Waals surface area contributed by atoms with Crippen molar-refractivity contribution >= 4 is 28.9 Å². The molecule has 0 aliphatic rings. The van der Waals surface area contributed by atoms with Crippen LogP contribution in [0.1, 0.15) is 15.9 Å². The SMILES string of the molecule is O=C(OCc1ccc([N+](=O)[O-])cc1)c1cccc(Oc2c(Cl)cccc2[N+](=O)[O-])c1. The van der Waals surface area contributed by atoms with Crippen molar-refractivity contribution in [1.29, 1.82) is 0 Å². The highest BCUT2D eigenvalue weighted by Crippen LogP contribution is 2.37. The van der Waals surface area contributed by atoms with Crippen molar-refractivity contribution in [2.45, 2.75) is 6.61 Å². The Balaban J connectivity index is 1.72. The number of esters is 1. The second-order valence-corrected chi connectivity index (χ2v) is 6.38. The van der Waals surface area contributed by atoms with E-state index in [-0.39, 0.29) is 40.1 Å². The summed E-state index contributed by atoms with van der Waals surface area (Å²) in [6, 6.07) is 15.6. The Kier molecular flexibility index (Phi) is 6.23. The highest BCUT2D eigenvalue weighted by atomic mass is 35.5. The summed E-state index contributed by atoms with van der Waals surface area (Å²) < 4.78 is 10.8. The summed E-state index contributed by atoms with van der Waals surface area (Å²) in [4.78, 5) is 33.0. The number of nitrogens with zero attached hydrogens (tertiary/aromatic N) is 2. The predicted octanol–water partition coefficient (Wildman–Crippen LogP) is 5.31. The van der Waals surface area contributed by atoms with Crippen molar-refractivity contribution in [3.8, 4) is 11.5 Å². The highest BCUT2D eigenvalue weighted by molar-refractivity contribution is 6.32. The smallest absolute Gasteiger partial charge is 0.338 e. The van der Waals surface area contributed by atoms with Crippen molar-refractivity contribution < 1.29 is 24.1 Å². The number of benzene rings is 3. The van der Waals surface area contributed by atoms with Gasteiger partial charge in [-0.05, 0) is 42.0 Å². The van der Waals surface area contributed by atoms with Crippen molar-refractivity contribution in [1.82, 2.24) is 0 Å². The summed E-state index contributed by atoms with van der Waals surface area (Å²) in [5.41, 5.74) is 0.356. The molecule has 0 N–H and O–H groups in total. The number of ether oxygens (including phenoxy) is 2. The summed E-state index contributed by atoms with van der Waals surface area (Å²) in [5.74, 6) is -0.635. The Morgan fingerprint density at radius 1 is 0.933 bits per heavy atom. The number of hydrogen-bond donors (Lipinski definition) is 0. The molecule has 30 heavy (non-hydrogen) atoms. The number of nitro benzene ring substituents is 2. The second kappa shape index (κ2) is 9.01. The fourth-order valence-electron chi connectivity index (χ4n) is 2.49. The fourth-order valence-corrected chi connectivity index (χ4v) is 2.70. The van der Waals surface area contributed by atoms with Gasteiger partial charge in [-0.3, -0.25) is 20.2 Å². The van der Waals surface area contributed by atoms with Crippen LogP contribution in [-0.4, -0.2) is 15.8 Å². The minimum absolute atomic E-state index is 0.0513. The monoisotopic (exact) mass is 428 g/mol. The van der Waals surface area contributed by atoms with E-state index < -0.39 is 15.8 Å². The number of hydrogen-bond acceptors (Lipinski definition) is 7. The Labute approximate surface area is 174 Å². The lowest BCUT2D eigenvalue weighted by Gasteiger charge is -2.09. The molecule has 9 nitrogen and oxygen atoms in total. The fraction of sp³-hybridized carbons (Fsp3) is 0.0500. The third-order valence-corrected chi connectivity index (χ3v) is 4.25. The Morgan fingerprint density at radius 2 is 1.63 bits per heavy atom. The molecule has 10 heteroatoms. The molecule has 0 aliphatic carbocycles. The maximum Gasteiger partial charge on any atom is 0.338 e. The van der Waals surface area contributed by atoms with Crippen molar-refractivity contribution in [2.75, 3.05) is 0 Å². The van der Waals surface area contributed by atoms with Gasteiger partial charge in [0.05, 0.1) is 20.4 Å². The van der Waals surface area contributed by atoms with Gasteiger partial charge < -0.3 is 9.47 Å². The number of rotatable bonds is 7. The highest BCUT2D eigenvalue weighted by Gasteiger charge is 2.19. The van der Waals surface area contributed by atoms with E-state index in [0.29, 0.717) is 5.56 Å². The number of nitro groups is 2. The molecule has 3 rings (SSSR count). The first-order valence-electron chi connectivity index (χ1n) is 8.46. The van der Waals surface area contributed by atoms with Crippen LogP contribution in [0.25, 0.3) is 0 Å². The first-order valence-corrected chi connectivity index (χ1v) is 8.84. The van der Waals surface area contributed by atoms with Crippen LogP contribution < -0.4 is 4.74 Å². The number of para-hydroxylation sites is 1. The maximum atomic E-state index is 12.3. The van der Waals surface area contributed by atoms with E-state index in [1.165, 1.54) is 66.7 Å². The lowest BCUT2D eigenvalue weighted by atomic mass is 10.2. The molecule has 0 unspecified atom stereocenters. The number of carbonyl (C=O) groups is 1. The van der Waals surface area contributed by atoms with Gasteiger partial charge in [0, 0.05) is 18.2 Å². The average molecular weight is 429 g/mol. The molecule has 0 aromatic heterocycles. The molecule has 0 heterocycles. The van der Waals surface area contributed by atoms with Gasteiger partial charge in [0.25, 0.3) is 5.69 Å². The first kappa shape index (κ1) is 20.7. The summed E-state index contributed by atoms with van der Waals surface area (Å²) in [7, 11) is 0. The zero-order valence-electron chi connectivity index (χ0n) is 15.2. The molecule has 0 amide bonds. The third kappa shape index (κ3) is 4.89. The summed E-state index contributed by atoms with van der Waals surface area (Å²) in [5, 5.41) is 21.9. The lowest BCUT2D eigenvalue weighted by molar-refractivity contribution is -0.385. The minimum Gasteiger partial charge on any atom is -0.457 e. The van der Waals surface area contributed by atoms with Crippen LogP contribution in [0, 0.1) is 20.2 Å². The quantitative estimate of drug-likeness (QED) is 0.284. The van der Waals surface area contributed by atoms with E-state index in [1.54, 1.807) is 0 Å².